The summed E-state index contributed by atoms with van der Waals surface area (Å²) < 4.78 is 26.4. The van der Waals surface area contributed by atoms with Gasteiger partial charge >= 0.3 is 0 Å². The van der Waals surface area contributed by atoms with Gasteiger partial charge in [0.05, 0.1) is 11.4 Å². The molecule has 1 N–H and O–H groups in total. The summed E-state index contributed by atoms with van der Waals surface area (Å²) in [7, 11) is -3.73. The Hall–Kier alpha value is -1.89. The fourth-order valence-electron chi connectivity index (χ4n) is 2.37. The van der Waals surface area contributed by atoms with E-state index in [9.17, 15) is 13.2 Å². The average Bonchev–Trinajstić information content (AvgIpc) is 2.87. The summed E-state index contributed by atoms with van der Waals surface area (Å²) in [6, 6.07) is 5.86. The van der Waals surface area contributed by atoms with Gasteiger partial charge in [0.15, 0.2) is 5.78 Å². The smallest absolute Gasteiger partial charge is 0.266 e. The third-order valence-corrected chi connectivity index (χ3v) is 5.54. The zero-order valence-corrected chi connectivity index (χ0v) is 13.7. The number of benzene rings is 1. The summed E-state index contributed by atoms with van der Waals surface area (Å²) >= 11 is 0. The van der Waals surface area contributed by atoms with Crippen LogP contribution in [-0.4, -0.2) is 49.0 Å². The molecule has 0 aliphatic carbocycles. The molecule has 1 aromatic carbocycles. The van der Waals surface area contributed by atoms with Crippen molar-refractivity contribution >= 4 is 21.8 Å². The van der Waals surface area contributed by atoms with Gasteiger partial charge in [0.1, 0.15) is 0 Å². The van der Waals surface area contributed by atoms with Crippen molar-refractivity contribution in [3.05, 3.63) is 29.8 Å². The Balaban J connectivity index is 2.20. The van der Waals surface area contributed by atoms with Crippen LogP contribution in [0.5, 0.6) is 0 Å². The van der Waals surface area contributed by atoms with E-state index < -0.39 is 10.0 Å². The Morgan fingerprint density at radius 1 is 1.23 bits per heavy atom. The predicted molar refractivity (Wildman–Crippen MR) is 84.5 cm³/mol. The molecule has 1 aliphatic heterocycles. The largest absolute Gasteiger partial charge is 0.340 e. The molecule has 1 aliphatic rings. The molecule has 1 heterocycles. The van der Waals surface area contributed by atoms with Gasteiger partial charge in [0, 0.05) is 18.7 Å². The van der Waals surface area contributed by atoms with Gasteiger partial charge in [0.2, 0.25) is 5.96 Å². The highest BCUT2D eigenvalue weighted by Gasteiger charge is 2.34. The molecule has 1 aromatic rings. The number of hydrogen-bond donors (Lipinski definition) is 1. The first-order chi connectivity index (χ1) is 10.4. The molecule has 0 bridgehead atoms. The summed E-state index contributed by atoms with van der Waals surface area (Å²) in [6.07, 6.45) is 1.94. The maximum absolute atomic E-state index is 12.6. The third kappa shape index (κ3) is 3.14. The van der Waals surface area contributed by atoms with E-state index in [1.807, 2.05) is 0 Å². The SMILES string of the molecule is CCCCN1CCN(S(=O)(=O)c2ccc(C(C)=O)cc2)C1=N. The standard InChI is InChI=1S/C15H21N3O3S/c1-3-4-9-17-10-11-18(15(17)16)22(20,21)14-7-5-13(6-8-14)12(2)19/h5-8,16H,3-4,9-11H2,1-2H3. The van der Waals surface area contributed by atoms with Crippen molar-refractivity contribution in [1.29, 1.82) is 5.41 Å². The Labute approximate surface area is 131 Å². The molecule has 120 valence electrons. The van der Waals surface area contributed by atoms with Gasteiger partial charge in [-0.25, -0.2) is 12.7 Å². The molecule has 0 aromatic heterocycles. The van der Waals surface area contributed by atoms with Crippen molar-refractivity contribution in [3.63, 3.8) is 0 Å². The van der Waals surface area contributed by atoms with E-state index in [1.165, 1.54) is 31.2 Å². The number of ketones is 1. The monoisotopic (exact) mass is 323 g/mol. The molecule has 22 heavy (non-hydrogen) atoms. The highest BCUT2D eigenvalue weighted by Crippen LogP contribution is 2.21. The number of Topliss-reactive ketones (excluding diaryl/α,β-unsaturated/α-hetero) is 1. The van der Waals surface area contributed by atoms with Crippen molar-refractivity contribution in [2.24, 2.45) is 0 Å². The third-order valence-electron chi connectivity index (χ3n) is 3.74. The van der Waals surface area contributed by atoms with Gasteiger partial charge in [-0.2, -0.15) is 0 Å². The molecule has 2 rings (SSSR count). The van der Waals surface area contributed by atoms with Gasteiger partial charge < -0.3 is 4.90 Å². The maximum Gasteiger partial charge on any atom is 0.266 e. The zero-order chi connectivity index (χ0) is 16.3. The first kappa shape index (κ1) is 16.5. The van der Waals surface area contributed by atoms with Crippen LogP contribution in [0.1, 0.15) is 37.0 Å². The molecule has 0 atom stereocenters. The molecule has 0 radical (unpaired) electrons. The second-order valence-corrected chi connectivity index (χ2v) is 7.18. The van der Waals surface area contributed by atoms with Crippen molar-refractivity contribution in [1.82, 2.24) is 9.21 Å². The zero-order valence-electron chi connectivity index (χ0n) is 12.9. The summed E-state index contributed by atoms with van der Waals surface area (Å²) in [4.78, 5) is 13.2. The van der Waals surface area contributed by atoms with Gasteiger partial charge in [-0.3, -0.25) is 10.2 Å². The minimum absolute atomic E-state index is 0.0316. The number of guanidine groups is 1. The Kier molecular flexibility index (Phi) is 4.85. The second-order valence-electron chi connectivity index (χ2n) is 5.32. The summed E-state index contributed by atoms with van der Waals surface area (Å²) in [6.45, 7) is 5.03. The van der Waals surface area contributed by atoms with E-state index in [0.29, 0.717) is 25.2 Å². The van der Waals surface area contributed by atoms with Crippen LogP contribution in [0, 0.1) is 5.41 Å². The lowest BCUT2D eigenvalue weighted by molar-refractivity contribution is 0.101. The van der Waals surface area contributed by atoms with E-state index in [4.69, 9.17) is 5.41 Å². The number of carbonyl (C=O) groups is 1. The van der Waals surface area contributed by atoms with Crippen molar-refractivity contribution in [2.75, 3.05) is 19.6 Å². The van der Waals surface area contributed by atoms with E-state index in [2.05, 4.69) is 6.92 Å². The number of sulfonamides is 1. The Bertz CT molecular complexity index is 668. The van der Waals surface area contributed by atoms with Crippen LogP contribution in [-0.2, 0) is 10.0 Å². The van der Waals surface area contributed by atoms with Crippen LogP contribution < -0.4 is 0 Å². The lowest BCUT2D eigenvalue weighted by Crippen LogP contribution is -2.37. The topological polar surface area (TPSA) is 81.5 Å². The molecule has 1 fully saturated rings. The van der Waals surface area contributed by atoms with Crippen molar-refractivity contribution in [2.45, 2.75) is 31.6 Å². The van der Waals surface area contributed by atoms with Gasteiger partial charge in [0.25, 0.3) is 10.0 Å². The number of carbonyl (C=O) groups excluding carboxylic acids is 1. The molecular formula is C15H21N3O3S. The Morgan fingerprint density at radius 2 is 1.86 bits per heavy atom. The molecule has 0 saturated carbocycles. The molecule has 1 saturated heterocycles. The van der Waals surface area contributed by atoms with Crippen LogP contribution in [0.25, 0.3) is 0 Å². The molecule has 0 spiro atoms. The first-order valence-electron chi connectivity index (χ1n) is 7.35. The molecule has 0 amide bonds. The average molecular weight is 323 g/mol. The van der Waals surface area contributed by atoms with Gasteiger partial charge in [-0.15, -0.1) is 0 Å². The normalized spacial score (nSPS) is 15.5. The highest BCUT2D eigenvalue weighted by atomic mass is 32.2. The number of nitrogens with zero attached hydrogens (tertiary/aromatic N) is 2. The fraction of sp³-hybridized carbons (Fsp3) is 0.467. The van der Waals surface area contributed by atoms with E-state index in [-0.39, 0.29) is 16.6 Å². The lowest BCUT2D eigenvalue weighted by Gasteiger charge is -2.21. The molecule has 0 unspecified atom stereocenters. The van der Waals surface area contributed by atoms with Crippen LogP contribution in [0.2, 0.25) is 0 Å². The summed E-state index contributed by atoms with van der Waals surface area (Å²) in [5, 5.41) is 8.08. The summed E-state index contributed by atoms with van der Waals surface area (Å²) in [5.41, 5.74) is 0.472. The Morgan fingerprint density at radius 3 is 2.41 bits per heavy atom. The second kappa shape index (κ2) is 6.48. The molecular weight excluding hydrogens is 302 g/mol. The predicted octanol–water partition coefficient (Wildman–Crippen LogP) is 1.93. The number of unbranched alkanes of at least 4 members (excludes halogenated alkanes) is 1. The fourth-order valence-corrected chi connectivity index (χ4v) is 3.77. The summed E-state index contributed by atoms with van der Waals surface area (Å²) in [5.74, 6) is -0.0762. The van der Waals surface area contributed by atoms with Crippen LogP contribution in [0.15, 0.2) is 29.2 Å². The number of hydrogen-bond acceptors (Lipinski definition) is 4. The van der Waals surface area contributed by atoms with Gasteiger partial charge in [-0.05, 0) is 25.5 Å². The first-order valence-corrected chi connectivity index (χ1v) is 8.79. The lowest BCUT2D eigenvalue weighted by atomic mass is 10.2. The highest BCUT2D eigenvalue weighted by molar-refractivity contribution is 7.89. The van der Waals surface area contributed by atoms with Crippen LogP contribution in [0.3, 0.4) is 0 Å². The minimum atomic E-state index is -3.73. The van der Waals surface area contributed by atoms with Crippen molar-refractivity contribution < 1.29 is 13.2 Å². The molecule has 6 nitrogen and oxygen atoms in total. The van der Waals surface area contributed by atoms with E-state index in [0.717, 1.165) is 17.1 Å². The van der Waals surface area contributed by atoms with Crippen LogP contribution in [0.4, 0.5) is 0 Å². The maximum atomic E-state index is 12.6. The van der Waals surface area contributed by atoms with E-state index in [1.54, 1.807) is 4.90 Å². The minimum Gasteiger partial charge on any atom is -0.340 e. The quantitative estimate of drug-likeness (QED) is 0.811. The molecule has 7 heteroatoms. The number of rotatable bonds is 6. The van der Waals surface area contributed by atoms with Crippen LogP contribution >= 0.6 is 0 Å². The van der Waals surface area contributed by atoms with Gasteiger partial charge in [-0.1, -0.05) is 25.5 Å². The number of nitrogens with one attached hydrogen (secondary N) is 1. The van der Waals surface area contributed by atoms with Crippen molar-refractivity contribution in [3.8, 4) is 0 Å². The van der Waals surface area contributed by atoms with E-state index >= 15 is 0 Å².